The van der Waals surface area contributed by atoms with E-state index in [1.165, 1.54) is 25.2 Å². The third kappa shape index (κ3) is 3.97. The highest BCUT2D eigenvalue weighted by Gasteiger charge is 2.88. The molecule has 3 aliphatic rings. The number of carbonyl (C=O) groups excluding carboxylic acids is 3. The molecule has 2 amide bonds. The van der Waals surface area contributed by atoms with Crippen LogP contribution in [0.5, 0.6) is 0 Å². The van der Waals surface area contributed by atoms with Crippen molar-refractivity contribution in [2.45, 2.75) is 44.8 Å². The van der Waals surface area contributed by atoms with Crippen molar-refractivity contribution >= 4 is 39.3 Å². The number of amides is 2. The Morgan fingerprint density at radius 1 is 1.31 bits per heavy atom. The number of esters is 1. The molecular formula is C26H25F3N4O5S. The summed E-state index contributed by atoms with van der Waals surface area (Å²) >= 11 is 1.35. The summed E-state index contributed by atoms with van der Waals surface area (Å²) in [4.78, 5) is 44.0. The molecule has 1 saturated carbocycles. The molecule has 5 heterocycles. The quantitative estimate of drug-likeness (QED) is 0.364. The number of aromatic nitrogens is 2. The van der Waals surface area contributed by atoms with Crippen LogP contribution in [0.25, 0.3) is 21.5 Å². The molecule has 0 spiro atoms. The lowest BCUT2D eigenvalue weighted by Crippen LogP contribution is -2.45. The fourth-order valence-corrected chi connectivity index (χ4v) is 6.97. The molecule has 1 aliphatic carbocycles. The maximum atomic E-state index is 13.3. The number of imide groups is 1. The third-order valence-corrected chi connectivity index (χ3v) is 8.99. The van der Waals surface area contributed by atoms with Gasteiger partial charge in [0.2, 0.25) is 11.5 Å². The molecule has 3 aromatic rings. The number of pyridine rings is 1. The van der Waals surface area contributed by atoms with Crippen molar-refractivity contribution in [1.82, 2.24) is 19.8 Å². The molecule has 2 aliphatic heterocycles. The lowest BCUT2D eigenvalue weighted by atomic mass is 10.0. The highest BCUT2D eigenvalue weighted by molar-refractivity contribution is 7.19. The number of alkyl halides is 3. The zero-order chi connectivity index (χ0) is 27.7. The van der Waals surface area contributed by atoms with E-state index >= 15 is 0 Å². The monoisotopic (exact) mass is 562 g/mol. The topological polar surface area (TPSA) is 103 Å². The molecule has 1 N–H and O–H groups in total. The van der Waals surface area contributed by atoms with E-state index in [0.29, 0.717) is 23.5 Å². The smallest absolute Gasteiger partial charge is 0.441 e. The van der Waals surface area contributed by atoms with Gasteiger partial charge in [0.15, 0.2) is 0 Å². The predicted octanol–water partition coefficient (Wildman–Crippen LogP) is 3.12. The van der Waals surface area contributed by atoms with Crippen molar-refractivity contribution in [3.63, 3.8) is 0 Å². The number of rotatable bonds is 6. The minimum absolute atomic E-state index is 0.0303. The number of hydrogen-bond acceptors (Lipinski definition) is 8. The van der Waals surface area contributed by atoms with Gasteiger partial charge < -0.3 is 19.4 Å². The van der Waals surface area contributed by atoms with Crippen LogP contribution >= 0.6 is 11.3 Å². The molecule has 6 rings (SSSR count). The minimum atomic E-state index is -5.28. The van der Waals surface area contributed by atoms with Gasteiger partial charge in [-0.05, 0) is 24.3 Å². The van der Waals surface area contributed by atoms with E-state index in [1.807, 2.05) is 24.4 Å². The molecule has 3 atom stereocenters. The van der Waals surface area contributed by atoms with Gasteiger partial charge in [0, 0.05) is 47.0 Å². The Hall–Kier alpha value is -3.29. The van der Waals surface area contributed by atoms with Gasteiger partial charge in [-0.2, -0.15) is 13.2 Å². The number of fused-ring (bicyclic) bond motifs is 2. The van der Waals surface area contributed by atoms with Crippen LogP contribution in [0.4, 0.5) is 13.2 Å². The molecule has 0 aromatic carbocycles. The summed E-state index contributed by atoms with van der Waals surface area (Å²) in [5.74, 6) is -5.22. The molecule has 0 bridgehead atoms. The lowest BCUT2D eigenvalue weighted by molar-refractivity contribution is -0.209. The molecule has 13 heteroatoms. The van der Waals surface area contributed by atoms with Gasteiger partial charge in [0.1, 0.15) is 0 Å². The zero-order valence-electron chi connectivity index (χ0n) is 21.1. The van der Waals surface area contributed by atoms with Gasteiger partial charge in [0.25, 0.3) is 5.91 Å². The summed E-state index contributed by atoms with van der Waals surface area (Å²) in [7, 11) is 0. The molecular weight excluding hydrogens is 537 g/mol. The van der Waals surface area contributed by atoms with Crippen molar-refractivity contribution in [3.05, 3.63) is 41.5 Å². The van der Waals surface area contributed by atoms with Crippen molar-refractivity contribution in [1.29, 1.82) is 0 Å². The number of likely N-dealkylation sites (tertiary alicyclic amines) is 1. The number of halogens is 3. The maximum absolute atomic E-state index is 13.3. The van der Waals surface area contributed by atoms with E-state index in [0.717, 1.165) is 33.9 Å². The van der Waals surface area contributed by atoms with Crippen LogP contribution in [0.15, 0.2) is 36.7 Å². The van der Waals surface area contributed by atoms with E-state index in [9.17, 15) is 27.6 Å². The Morgan fingerprint density at radius 2 is 2.10 bits per heavy atom. The Kier molecular flexibility index (Phi) is 5.90. The molecule has 2 unspecified atom stereocenters. The van der Waals surface area contributed by atoms with Crippen LogP contribution in [0.3, 0.4) is 0 Å². The van der Waals surface area contributed by atoms with E-state index in [2.05, 4.69) is 14.9 Å². The number of nitrogens with one attached hydrogen (secondary N) is 1. The number of thiophene rings is 1. The Balaban J connectivity index is 1.27. The van der Waals surface area contributed by atoms with Crippen molar-refractivity contribution in [2.75, 3.05) is 19.7 Å². The van der Waals surface area contributed by atoms with Gasteiger partial charge >= 0.3 is 12.1 Å². The maximum Gasteiger partial charge on any atom is 0.490 e. The van der Waals surface area contributed by atoms with Crippen LogP contribution in [-0.2, 0) is 36.9 Å². The largest absolute Gasteiger partial charge is 0.490 e. The fraction of sp³-hybridized carbons (Fsp3) is 0.462. The zero-order valence-corrected chi connectivity index (χ0v) is 21.9. The second kappa shape index (κ2) is 8.86. The number of piperidine rings is 1. The summed E-state index contributed by atoms with van der Waals surface area (Å²) in [6.07, 6.45) is -1.59. The third-order valence-electron chi connectivity index (χ3n) is 7.85. The van der Waals surface area contributed by atoms with E-state index in [1.54, 1.807) is 12.3 Å². The number of carbonyl (C=O) groups is 3. The Bertz CT molecular complexity index is 1490. The number of morpholine rings is 1. The van der Waals surface area contributed by atoms with Gasteiger partial charge in [-0.3, -0.25) is 19.5 Å². The summed E-state index contributed by atoms with van der Waals surface area (Å²) in [5, 5.41) is 3.32. The lowest BCUT2D eigenvalue weighted by Gasteiger charge is -2.25. The van der Waals surface area contributed by atoms with E-state index in [-0.39, 0.29) is 12.6 Å². The number of ether oxygens (including phenoxy) is 2. The minimum Gasteiger partial charge on any atom is -0.441 e. The van der Waals surface area contributed by atoms with Crippen LogP contribution < -0.4 is 5.32 Å². The molecule has 206 valence electrons. The Labute approximate surface area is 224 Å². The Morgan fingerprint density at radius 3 is 2.82 bits per heavy atom. The fourth-order valence-electron chi connectivity index (χ4n) is 5.85. The average molecular weight is 563 g/mol. The standard InChI is InChI=1S/C26H25F3N4O5S/c1-24(2)20-21(34)33(22(35)25(20,24)38-23(36)26(27,28)29)13-15-10-17-19(39-15)16(5-6-31-17)18-4-3-8-32(18)12-14-11-30-7-9-37-14/h3-6,8,10,14,20,30H,7,9,11-13H2,1-2H3/t14-,20?,25?/m1/s1. The van der Waals surface area contributed by atoms with Crippen LogP contribution in [0.1, 0.15) is 18.7 Å². The molecule has 3 fully saturated rings. The van der Waals surface area contributed by atoms with Crippen LogP contribution in [-0.4, -0.2) is 69.8 Å². The molecule has 3 aromatic heterocycles. The summed E-state index contributed by atoms with van der Waals surface area (Å²) in [5.41, 5.74) is -0.828. The molecule has 9 nitrogen and oxygen atoms in total. The highest BCUT2D eigenvalue weighted by atomic mass is 32.1. The first kappa shape index (κ1) is 26.0. The second-order valence-electron chi connectivity index (χ2n) is 10.5. The first-order chi connectivity index (χ1) is 18.4. The summed E-state index contributed by atoms with van der Waals surface area (Å²) in [6, 6.07) is 7.59. The van der Waals surface area contributed by atoms with Gasteiger partial charge in [-0.1, -0.05) is 13.8 Å². The van der Waals surface area contributed by atoms with Crippen molar-refractivity contribution in [2.24, 2.45) is 11.3 Å². The molecule has 2 saturated heterocycles. The highest BCUT2D eigenvalue weighted by Crippen LogP contribution is 2.69. The number of nitrogens with zero attached hydrogens (tertiary/aromatic N) is 3. The van der Waals surface area contributed by atoms with Gasteiger partial charge in [0.05, 0.1) is 41.9 Å². The first-order valence-electron chi connectivity index (χ1n) is 12.5. The molecule has 0 radical (unpaired) electrons. The summed E-state index contributed by atoms with van der Waals surface area (Å²) < 4.78 is 52.3. The normalized spacial score (nSPS) is 26.2. The van der Waals surface area contributed by atoms with E-state index < -0.39 is 40.9 Å². The first-order valence-corrected chi connectivity index (χ1v) is 13.3. The van der Waals surface area contributed by atoms with Crippen molar-refractivity contribution < 1.29 is 37.0 Å². The van der Waals surface area contributed by atoms with Gasteiger partial charge in [-0.25, -0.2) is 4.79 Å². The van der Waals surface area contributed by atoms with Crippen LogP contribution in [0, 0.1) is 11.3 Å². The van der Waals surface area contributed by atoms with Crippen molar-refractivity contribution in [3.8, 4) is 11.3 Å². The molecule has 39 heavy (non-hydrogen) atoms. The second-order valence-corrected chi connectivity index (χ2v) is 11.7. The number of hydrogen-bond donors (Lipinski definition) is 1. The van der Waals surface area contributed by atoms with Gasteiger partial charge in [-0.15, -0.1) is 11.3 Å². The van der Waals surface area contributed by atoms with E-state index in [4.69, 9.17) is 9.47 Å². The average Bonchev–Trinajstić information content (AvgIpc) is 3.33. The predicted molar refractivity (Wildman–Crippen MR) is 133 cm³/mol. The SMILES string of the molecule is CC1(C)C2C(=O)N(Cc3cc4nccc(-c5cccn5C[C@H]5CNCCO5)c4s3)C(=O)C21OC(=O)C(F)(F)F. The van der Waals surface area contributed by atoms with Crippen LogP contribution in [0.2, 0.25) is 0 Å². The summed E-state index contributed by atoms with van der Waals surface area (Å²) in [6.45, 7) is 5.63.